The summed E-state index contributed by atoms with van der Waals surface area (Å²) in [6.45, 7) is 2.67. The van der Waals surface area contributed by atoms with Crippen LogP contribution in [0.2, 0.25) is 0 Å². The topological polar surface area (TPSA) is 121 Å². The number of ether oxygens (including phenoxy) is 1. The predicted molar refractivity (Wildman–Crippen MR) is 114 cm³/mol. The largest absolute Gasteiger partial charge is 0.463 e. The summed E-state index contributed by atoms with van der Waals surface area (Å²) in [4.78, 5) is 41.2. The van der Waals surface area contributed by atoms with Gasteiger partial charge in [0.05, 0.1) is 43.4 Å². The lowest BCUT2D eigenvalue weighted by molar-refractivity contribution is -0.140. The number of hydroxylamine groups is 2. The molecule has 1 N–H and O–H groups in total. The lowest BCUT2D eigenvalue weighted by Gasteiger charge is -2.40. The van der Waals surface area contributed by atoms with E-state index in [4.69, 9.17) is 9.57 Å². The van der Waals surface area contributed by atoms with Gasteiger partial charge in [0.1, 0.15) is 5.82 Å². The number of aromatic nitrogens is 2. The molecular weight excluding hydrogens is 412 g/mol. The number of nitrogens with one attached hydrogen (secondary N) is 1. The van der Waals surface area contributed by atoms with Crippen LogP contribution in [-0.2, 0) is 22.5 Å². The molecule has 10 nitrogen and oxygen atoms in total. The highest BCUT2D eigenvalue weighted by atomic mass is 16.7. The highest BCUT2D eigenvalue weighted by molar-refractivity contribution is 5.89. The number of hydrogen-bond donors (Lipinski definition) is 1. The van der Waals surface area contributed by atoms with E-state index in [-0.39, 0.29) is 18.3 Å². The van der Waals surface area contributed by atoms with Crippen molar-refractivity contribution in [3.05, 3.63) is 53.0 Å². The van der Waals surface area contributed by atoms with E-state index in [9.17, 15) is 14.9 Å². The lowest BCUT2D eigenvalue weighted by atomic mass is 10.0. The number of esters is 1. The van der Waals surface area contributed by atoms with Gasteiger partial charge in [0.25, 0.3) is 0 Å². The van der Waals surface area contributed by atoms with Crippen molar-refractivity contribution in [2.45, 2.75) is 25.4 Å². The Morgan fingerprint density at radius 1 is 1.22 bits per heavy atom. The average molecular weight is 436 g/mol. The normalized spacial score (nSPS) is 18.4. The second-order valence-corrected chi connectivity index (χ2v) is 7.56. The minimum Gasteiger partial charge on any atom is -0.463 e. The molecule has 0 aliphatic carbocycles. The van der Waals surface area contributed by atoms with Crippen molar-refractivity contribution in [2.75, 3.05) is 38.2 Å². The smallest absolute Gasteiger partial charge is 0.376 e. The van der Waals surface area contributed by atoms with E-state index in [0.29, 0.717) is 37.6 Å². The number of nitriles is 1. The molecule has 2 aliphatic rings. The molecule has 0 saturated carbocycles. The maximum atomic E-state index is 12.5. The number of carbonyl (C=O) groups is 2. The van der Waals surface area contributed by atoms with Crippen LogP contribution in [0.25, 0.3) is 0 Å². The number of fused-ring (bicyclic) bond motifs is 1. The van der Waals surface area contributed by atoms with Crippen molar-refractivity contribution in [3.8, 4) is 6.07 Å². The molecule has 3 heterocycles. The molecule has 4 rings (SSSR count). The average Bonchev–Trinajstić information content (AvgIpc) is 2.84. The second kappa shape index (κ2) is 9.72. The Hall–Kier alpha value is -3.55. The van der Waals surface area contributed by atoms with Gasteiger partial charge < -0.3 is 19.8 Å². The summed E-state index contributed by atoms with van der Waals surface area (Å²) < 4.78 is 4.82. The Balaban J connectivity index is 1.57. The van der Waals surface area contributed by atoms with Gasteiger partial charge in [0.15, 0.2) is 0 Å². The number of nitrogens with zero attached hydrogens (tertiary/aromatic N) is 5. The first-order valence-corrected chi connectivity index (χ1v) is 10.5. The van der Waals surface area contributed by atoms with E-state index in [1.807, 2.05) is 11.0 Å². The van der Waals surface area contributed by atoms with E-state index >= 15 is 0 Å². The monoisotopic (exact) mass is 436 g/mol. The van der Waals surface area contributed by atoms with Gasteiger partial charge in [-0.3, -0.25) is 0 Å². The number of carbonyl (C=O) groups excluding carboxylic acids is 2. The van der Waals surface area contributed by atoms with Crippen LogP contribution in [0, 0.1) is 11.3 Å². The lowest BCUT2D eigenvalue weighted by Crippen LogP contribution is -2.54. The van der Waals surface area contributed by atoms with Gasteiger partial charge in [0.2, 0.25) is 5.82 Å². The van der Waals surface area contributed by atoms with Gasteiger partial charge in [0, 0.05) is 25.2 Å². The van der Waals surface area contributed by atoms with Crippen molar-refractivity contribution >= 4 is 17.8 Å². The van der Waals surface area contributed by atoms with Gasteiger partial charge in [-0.05, 0) is 25.1 Å². The van der Waals surface area contributed by atoms with Crippen molar-refractivity contribution < 1.29 is 19.2 Å². The molecule has 1 aromatic carbocycles. The molecule has 166 valence electrons. The van der Waals surface area contributed by atoms with Gasteiger partial charge in [-0.2, -0.15) is 5.26 Å². The summed E-state index contributed by atoms with van der Waals surface area (Å²) >= 11 is 0. The number of piperazine rings is 1. The molecule has 1 aromatic heterocycles. The molecule has 0 spiro atoms. The molecule has 0 radical (unpaired) electrons. The number of methoxy groups -OCH3 is 1. The summed E-state index contributed by atoms with van der Waals surface area (Å²) in [6.07, 6.45) is 0.912. The van der Waals surface area contributed by atoms with Crippen LogP contribution >= 0.6 is 0 Å². The summed E-state index contributed by atoms with van der Waals surface area (Å²) in [5.74, 6) is -0.363. The highest BCUT2D eigenvalue weighted by Crippen LogP contribution is 2.27. The van der Waals surface area contributed by atoms with Crippen LogP contribution in [0.5, 0.6) is 0 Å². The molecule has 1 saturated heterocycles. The Labute approximate surface area is 185 Å². The molecule has 1 fully saturated rings. The van der Waals surface area contributed by atoms with Crippen LogP contribution in [0.1, 0.15) is 38.7 Å². The van der Waals surface area contributed by atoms with Crippen molar-refractivity contribution in [2.24, 2.45) is 0 Å². The first kappa shape index (κ1) is 21.7. The molecule has 2 aliphatic heterocycles. The zero-order valence-electron chi connectivity index (χ0n) is 17.8. The zero-order chi connectivity index (χ0) is 22.5. The third kappa shape index (κ3) is 4.54. The zero-order valence-corrected chi connectivity index (χ0v) is 17.8. The molecule has 2 aromatic rings. The third-order valence-electron chi connectivity index (χ3n) is 5.55. The second-order valence-electron chi connectivity index (χ2n) is 7.56. The molecule has 1 atom stereocenters. The third-order valence-corrected chi connectivity index (χ3v) is 5.55. The summed E-state index contributed by atoms with van der Waals surface area (Å²) in [7, 11) is 1.30. The Bertz CT molecular complexity index is 1040. The number of hydrogen-bond acceptors (Lipinski definition) is 10. The van der Waals surface area contributed by atoms with Crippen molar-refractivity contribution in [1.29, 1.82) is 5.26 Å². The fraction of sp³-hybridized carbons (Fsp3) is 0.409. The highest BCUT2D eigenvalue weighted by Gasteiger charge is 2.33. The van der Waals surface area contributed by atoms with Gasteiger partial charge in [-0.1, -0.05) is 18.2 Å². The molecular formula is C22H24N6O4. The fourth-order valence-corrected chi connectivity index (χ4v) is 3.94. The molecule has 10 heteroatoms. The van der Waals surface area contributed by atoms with E-state index in [1.54, 1.807) is 29.3 Å². The standard InChI is InChI=1S/C22H24N6O4/c1-31-22(30)19-25-18-13-24-10-8-17(18)20(26-19)27-11-12-28(16(14-27)7-9-23)32-21(29)15-5-3-2-4-6-15/h2-6,16,24H,7-8,10-14H2,1H3/t16-/m0/s1. The maximum absolute atomic E-state index is 12.5. The van der Waals surface area contributed by atoms with Crippen LogP contribution in [0.15, 0.2) is 30.3 Å². The van der Waals surface area contributed by atoms with Crippen LogP contribution < -0.4 is 10.2 Å². The number of benzene rings is 1. The minimum absolute atomic E-state index is 0.0136. The fourth-order valence-electron chi connectivity index (χ4n) is 3.94. The summed E-state index contributed by atoms with van der Waals surface area (Å²) in [5.41, 5.74) is 2.21. The first-order chi connectivity index (χ1) is 15.6. The molecule has 0 unspecified atom stereocenters. The van der Waals surface area contributed by atoms with Crippen LogP contribution in [-0.4, -0.2) is 66.3 Å². The Morgan fingerprint density at radius 3 is 2.78 bits per heavy atom. The SMILES string of the molecule is COC(=O)c1nc2c(c(N3CCN(OC(=O)c4ccccc4)[C@@H](CC#N)C3)n1)CCNC2. The number of anilines is 1. The van der Waals surface area contributed by atoms with E-state index < -0.39 is 11.9 Å². The quantitative estimate of drug-likeness (QED) is 0.682. The number of rotatable bonds is 5. The minimum atomic E-state index is -0.594. The summed E-state index contributed by atoms with van der Waals surface area (Å²) in [6, 6.07) is 10.6. The van der Waals surface area contributed by atoms with E-state index in [2.05, 4.69) is 21.4 Å². The van der Waals surface area contributed by atoms with Crippen molar-refractivity contribution in [1.82, 2.24) is 20.3 Å². The van der Waals surface area contributed by atoms with Gasteiger partial charge in [-0.15, -0.1) is 5.06 Å². The summed E-state index contributed by atoms with van der Waals surface area (Å²) in [5, 5.41) is 14.2. The van der Waals surface area contributed by atoms with Gasteiger partial charge in [-0.25, -0.2) is 19.6 Å². The van der Waals surface area contributed by atoms with Crippen molar-refractivity contribution in [3.63, 3.8) is 0 Å². The maximum Gasteiger partial charge on any atom is 0.376 e. The van der Waals surface area contributed by atoms with Crippen LogP contribution in [0.3, 0.4) is 0 Å². The molecule has 0 amide bonds. The van der Waals surface area contributed by atoms with Gasteiger partial charge >= 0.3 is 11.9 Å². The van der Waals surface area contributed by atoms with E-state index in [0.717, 1.165) is 24.2 Å². The first-order valence-electron chi connectivity index (χ1n) is 10.5. The molecule has 32 heavy (non-hydrogen) atoms. The predicted octanol–water partition coefficient (Wildman–Crippen LogP) is 1.09. The Kier molecular flexibility index (Phi) is 6.58. The van der Waals surface area contributed by atoms with E-state index in [1.165, 1.54) is 7.11 Å². The molecule has 0 bridgehead atoms. The van der Waals surface area contributed by atoms with Crippen LogP contribution in [0.4, 0.5) is 5.82 Å². The Morgan fingerprint density at radius 2 is 2.03 bits per heavy atom.